The Morgan fingerprint density at radius 2 is 1.07 bits per heavy atom. The predicted octanol–water partition coefficient (Wildman–Crippen LogP) is 5.38. The molecular formula is C15H32. The van der Waals surface area contributed by atoms with Crippen LogP contribution in [0.15, 0.2) is 0 Å². The summed E-state index contributed by atoms with van der Waals surface area (Å²) in [5.74, 6) is 4.37. The second-order valence-electron chi connectivity index (χ2n) is 6.36. The van der Waals surface area contributed by atoms with Crippen molar-refractivity contribution < 1.29 is 0 Å². The molecular weight excluding hydrogens is 180 g/mol. The van der Waals surface area contributed by atoms with Gasteiger partial charge in [0, 0.05) is 0 Å². The van der Waals surface area contributed by atoms with Crippen molar-refractivity contribution in [2.24, 2.45) is 29.6 Å². The van der Waals surface area contributed by atoms with Crippen molar-refractivity contribution in [1.29, 1.82) is 0 Å². The standard InChI is InChI=1S/C15H32/c1-11(2)14(6)9-8-13(5)10-15(7)12(3)4/h11-15H,8-10H2,1-7H3. The third kappa shape index (κ3) is 6.98. The normalized spacial score (nSPS) is 18.2. The minimum absolute atomic E-state index is 0.843. The van der Waals surface area contributed by atoms with E-state index in [0.717, 1.165) is 29.6 Å². The summed E-state index contributed by atoms with van der Waals surface area (Å²) in [6.45, 7) is 16.6. The van der Waals surface area contributed by atoms with Gasteiger partial charge in [0.05, 0.1) is 0 Å². The third-order valence-electron chi connectivity index (χ3n) is 4.17. The summed E-state index contributed by atoms with van der Waals surface area (Å²) in [6.07, 6.45) is 4.22. The van der Waals surface area contributed by atoms with Crippen molar-refractivity contribution in [3.8, 4) is 0 Å². The Labute approximate surface area is 97.8 Å². The Kier molecular flexibility index (Phi) is 7.30. The van der Waals surface area contributed by atoms with Crippen molar-refractivity contribution in [2.75, 3.05) is 0 Å². The summed E-state index contributed by atoms with van der Waals surface area (Å²) in [5.41, 5.74) is 0. The fourth-order valence-electron chi connectivity index (χ4n) is 1.91. The summed E-state index contributed by atoms with van der Waals surface area (Å²) < 4.78 is 0. The first kappa shape index (κ1) is 15.0. The van der Waals surface area contributed by atoms with Gasteiger partial charge in [-0.1, -0.05) is 61.3 Å². The van der Waals surface area contributed by atoms with Gasteiger partial charge < -0.3 is 0 Å². The van der Waals surface area contributed by atoms with Crippen molar-refractivity contribution in [3.63, 3.8) is 0 Å². The molecule has 0 spiro atoms. The topological polar surface area (TPSA) is 0 Å². The zero-order valence-corrected chi connectivity index (χ0v) is 12.0. The van der Waals surface area contributed by atoms with E-state index in [1.165, 1.54) is 19.3 Å². The molecule has 3 atom stereocenters. The highest BCUT2D eigenvalue weighted by Gasteiger charge is 2.14. The maximum Gasteiger partial charge on any atom is -0.0417 e. The van der Waals surface area contributed by atoms with Crippen LogP contribution < -0.4 is 0 Å². The highest BCUT2D eigenvalue weighted by molar-refractivity contribution is 4.65. The Hall–Kier alpha value is 0. The van der Waals surface area contributed by atoms with E-state index in [2.05, 4.69) is 48.5 Å². The highest BCUT2D eigenvalue weighted by atomic mass is 14.2. The first-order chi connectivity index (χ1) is 6.84. The van der Waals surface area contributed by atoms with E-state index in [9.17, 15) is 0 Å². The molecule has 0 aliphatic heterocycles. The maximum absolute atomic E-state index is 2.42. The van der Waals surface area contributed by atoms with Crippen LogP contribution in [0.5, 0.6) is 0 Å². The van der Waals surface area contributed by atoms with Crippen LogP contribution in [0.25, 0.3) is 0 Å². The first-order valence-electron chi connectivity index (χ1n) is 6.84. The van der Waals surface area contributed by atoms with E-state index < -0.39 is 0 Å². The number of hydrogen-bond acceptors (Lipinski definition) is 0. The van der Waals surface area contributed by atoms with Gasteiger partial charge in [-0.2, -0.15) is 0 Å². The van der Waals surface area contributed by atoms with Gasteiger partial charge in [-0.3, -0.25) is 0 Å². The average Bonchev–Trinajstić information content (AvgIpc) is 2.13. The molecule has 0 fully saturated rings. The van der Waals surface area contributed by atoms with E-state index in [4.69, 9.17) is 0 Å². The summed E-state index contributed by atoms with van der Waals surface area (Å²) >= 11 is 0. The van der Waals surface area contributed by atoms with Crippen LogP contribution >= 0.6 is 0 Å². The summed E-state index contributed by atoms with van der Waals surface area (Å²) in [6, 6.07) is 0. The lowest BCUT2D eigenvalue weighted by atomic mass is 9.84. The monoisotopic (exact) mass is 212 g/mol. The van der Waals surface area contributed by atoms with Gasteiger partial charge >= 0.3 is 0 Å². The van der Waals surface area contributed by atoms with E-state index in [-0.39, 0.29) is 0 Å². The lowest BCUT2D eigenvalue weighted by Gasteiger charge is -2.22. The molecule has 0 aromatic heterocycles. The molecule has 15 heavy (non-hydrogen) atoms. The zero-order valence-electron chi connectivity index (χ0n) is 12.0. The van der Waals surface area contributed by atoms with Gasteiger partial charge in [0.2, 0.25) is 0 Å². The van der Waals surface area contributed by atoms with Gasteiger partial charge in [-0.15, -0.1) is 0 Å². The SMILES string of the molecule is CC(CCC(C)C(C)C)CC(C)C(C)C. The van der Waals surface area contributed by atoms with Crippen molar-refractivity contribution in [3.05, 3.63) is 0 Å². The van der Waals surface area contributed by atoms with E-state index in [1.807, 2.05) is 0 Å². The molecule has 0 amide bonds. The summed E-state index contributed by atoms with van der Waals surface area (Å²) in [7, 11) is 0. The molecule has 0 aromatic rings. The average molecular weight is 212 g/mol. The van der Waals surface area contributed by atoms with Gasteiger partial charge in [0.15, 0.2) is 0 Å². The third-order valence-corrected chi connectivity index (χ3v) is 4.17. The van der Waals surface area contributed by atoms with Crippen molar-refractivity contribution >= 4 is 0 Å². The Morgan fingerprint density at radius 3 is 1.47 bits per heavy atom. The molecule has 0 heterocycles. The summed E-state index contributed by atoms with van der Waals surface area (Å²) in [5, 5.41) is 0. The van der Waals surface area contributed by atoms with Crippen LogP contribution in [0.4, 0.5) is 0 Å². The van der Waals surface area contributed by atoms with Crippen LogP contribution in [0.2, 0.25) is 0 Å². The van der Waals surface area contributed by atoms with Crippen LogP contribution in [0, 0.1) is 29.6 Å². The molecule has 0 aliphatic rings. The van der Waals surface area contributed by atoms with Crippen molar-refractivity contribution in [1.82, 2.24) is 0 Å². The minimum Gasteiger partial charge on any atom is -0.0625 e. The zero-order chi connectivity index (χ0) is 12.0. The molecule has 3 unspecified atom stereocenters. The molecule has 0 rings (SSSR count). The molecule has 0 aromatic carbocycles. The summed E-state index contributed by atoms with van der Waals surface area (Å²) in [4.78, 5) is 0. The fourth-order valence-corrected chi connectivity index (χ4v) is 1.91. The molecule has 0 saturated heterocycles. The molecule has 0 radical (unpaired) electrons. The molecule has 0 heteroatoms. The highest BCUT2D eigenvalue weighted by Crippen LogP contribution is 2.25. The van der Waals surface area contributed by atoms with Crippen LogP contribution in [0.1, 0.15) is 67.7 Å². The van der Waals surface area contributed by atoms with E-state index in [0.29, 0.717) is 0 Å². The first-order valence-corrected chi connectivity index (χ1v) is 6.84. The molecule has 0 saturated carbocycles. The van der Waals surface area contributed by atoms with Gasteiger partial charge in [0.25, 0.3) is 0 Å². The lowest BCUT2D eigenvalue weighted by molar-refractivity contribution is 0.290. The molecule has 0 bridgehead atoms. The van der Waals surface area contributed by atoms with Crippen LogP contribution in [0.3, 0.4) is 0 Å². The molecule has 0 nitrogen and oxygen atoms in total. The second kappa shape index (κ2) is 7.30. The molecule has 0 aliphatic carbocycles. The van der Waals surface area contributed by atoms with E-state index in [1.54, 1.807) is 0 Å². The Balaban J connectivity index is 3.70. The number of hydrogen-bond donors (Lipinski definition) is 0. The fraction of sp³-hybridized carbons (Fsp3) is 1.00. The quantitative estimate of drug-likeness (QED) is 0.531. The molecule has 92 valence electrons. The van der Waals surface area contributed by atoms with Crippen LogP contribution in [-0.2, 0) is 0 Å². The second-order valence-corrected chi connectivity index (χ2v) is 6.36. The van der Waals surface area contributed by atoms with Crippen LogP contribution in [-0.4, -0.2) is 0 Å². The molecule has 0 N–H and O–H groups in total. The van der Waals surface area contributed by atoms with E-state index >= 15 is 0 Å². The number of rotatable bonds is 7. The lowest BCUT2D eigenvalue weighted by Crippen LogP contribution is -2.11. The smallest absolute Gasteiger partial charge is 0.0417 e. The van der Waals surface area contributed by atoms with Gasteiger partial charge in [-0.25, -0.2) is 0 Å². The minimum atomic E-state index is 0.843. The maximum atomic E-state index is 2.42. The largest absolute Gasteiger partial charge is 0.0625 e. The Bertz CT molecular complexity index is 146. The van der Waals surface area contributed by atoms with Gasteiger partial charge in [-0.05, 0) is 36.0 Å². The van der Waals surface area contributed by atoms with Gasteiger partial charge in [0.1, 0.15) is 0 Å². The Morgan fingerprint density at radius 1 is 0.600 bits per heavy atom. The van der Waals surface area contributed by atoms with Crippen molar-refractivity contribution in [2.45, 2.75) is 67.7 Å². The predicted molar refractivity (Wildman–Crippen MR) is 71.0 cm³/mol.